The summed E-state index contributed by atoms with van der Waals surface area (Å²) < 4.78 is 0. The number of nitrogens with one attached hydrogen (secondary N) is 1. The van der Waals surface area contributed by atoms with Crippen LogP contribution in [0.1, 0.15) is 33.1 Å². The number of benzene rings is 1. The minimum absolute atomic E-state index is 0.0124. The van der Waals surface area contributed by atoms with E-state index in [2.05, 4.69) is 19.2 Å². The van der Waals surface area contributed by atoms with Crippen LogP contribution in [0.3, 0.4) is 0 Å². The minimum atomic E-state index is -0.0124. The molecule has 0 spiro atoms. The molecule has 1 aromatic carbocycles. The Morgan fingerprint density at radius 1 is 1.17 bits per heavy atom. The van der Waals surface area contributed by atoms with Gasteiger partial charge in [0.15, 0.2) is 0 Å². The Bertz CT molecular complexity index is 558. The molecule has 24 heavy (non-hydrogen) atoms. The summed E-state index contributed by atoms with van der Waals surface area (Å²) in [7, 11) is 3.98. The largest absolute Gasteiger partial charge is 0.378 e. The highest BCUT2D eigenvalue weighted by Crippen LogP contribution is 2.22. The molecule has 1 saturated heterocycles. The third kappa shape index (κ3) is 4.98. The Kier molecular flexibility index (Phi) is 6.23. The highest BCUT2D eigenvalue weighted by Gasteiger charge is 2.27. The van der Waals surface area contributed by atoms with Gasteiger partial charge in [-0.2, -0.15) is 0 Å². The van der Waals surface area contributed by atoms with Gasteiger partial charge in [0, 0.05) is 50.9 Å². The first-order chi connectivity index (χ1) is 11.4. The van der Waals surface area contributed by atoms with Gasteiger partial charge in [-0.3, -0.25) is 9.59 Å². The second kappa shape index (κ2) is 8.18. The van der Waals surface area contributed by atoms with Crippen LogP contribution < -0.4 is 10.2 Å². The molecule has 1 fully saturated rings. The number of carbonyl (C=O) groups excluding carboxylic acids is 2. The summed E-state index contributed by atoms with van der Waals surface area (Å²) in [6, 6.07) is 7.83. The van der Waals surface area contributed by atoms with Gasteiger partial charge in [-0.05, 0) is 43.0 Å². The molecule has 0 bridgehead atoms. The van der Waals surface area contributed by atoms with Crippen LogP contribution in [0.5, 0.6) is 0 Å². The lowest BCUT2D eigenvalue weighted by Gasteiger charge is -2.31. The first kappa shape index (κ1) is 18.3. The van der Waals surface area contributed by atoms with Crippen LogP contribution in [0, 0.1) is 11.8 Å². The van der Waals surface area contributed by atoms with Crippen molar-refractivity contribution in [3.05, 3.63) is 24.3 Å². The zero-order chi connectivity index (χ0) is 17.7. The van der Waals surface area contributed by atoms with E-state index in [0.717, 1.165) is 24.2 Å². The summed E-state index contributed by atoms with van der Waals surface area (Å²) in [6.45, 7) is 5.48. The van der Waals surface area contributed by atoms with Crippen LogP contribution in [-0.4, -0.2) is 43.9 Å². The zero-order valence-corrected chi connectivity index (χ0v) is 15.2. The lowest BCUT2D eigenvalue weighted by Crippen LogP contribution is -2.41. The highest BCUT2D eigenvalue weighted by molar-refractivity contribution is 5.93. The van der Waals surface area contributed by atoms with E-state index in [1.165, 1.54) is 0 Å². The summed E-state index contributed by atoms with van der Waals surface area (Å²) in [5, 5.41) is 2.99. The molecule has 1 heterocycles. The monoisotopic (exact) mass is 331 g/mol. The molecule has 0 aliphatic carbocycles. The average Bonchev–Trinajstić information content (AvgIpc) is 2.54. The second-order valence-electron chi connectivity index (χ2n) is 7.18. The van der Waals surface area contributed by atoms with Gasteiger partial charge >= 0.3 is 0 Å². The Balaban J connectivity index is 1.83. The number of nitrogens with zero attached hydrogens (tertiary/aromatic N) is 2. The van der Waals surface area contributed by atoms with E-state index in [1.54, 1.807) is 0 Å². The van der Waals surface area contributed by atoms with Crippen LogP contribution in [0.15, 0.2) is 24.3 Å². The second-order valence-corrected chi connectivity index (χ2v) is 7.18. The fourth-order valence-electron chi connectivity index (χ4n) is 2.96. The molecular formula is C19H29N3O2. The fraction of sp³-hybridized carbons (Fsp3) is 0.579. The molecule has 2 amide bonds. The Labute approximate surface area is 145 Å². The predicted octanol–water partition coefficient (Wildman–Crippen LogP) is 2.98. The molecule has 1 aliphatic rings. The molecule has 1 aromatic rings. The maximum atomic E-state index is 12.4. The van der Waals surface area contributed by atoms with E-state index in [4.69, 9.17) is 0 Å². The summed E-state index contributed by atoms with van der Waals surface area (Å²) in [5.41, 5.74) is 1.92. The molecule has 132 valence electrons. The number of hydrogen-bond acceptors (Lipinski definition) is 3. The van der Waals surface area contributed by atoms with Gasteiger partial charge in [-0.15, -0.1) is 0 Å². The normalized spacial score (nSPS) is 15.5. The number of hydrogen-bond donors (Lipinski definition) is 1. The topological polar surface area (TPSA) is 52.7 Å². The third-order valence-electron chi connectivity index (χ3n) is 4.45. The van der Waals surface area contributed by atoms with E-state index in [0.29, 0.717) is 25.4 Å². The summed E-state index contributed by atoms with van der Waals surface area (Å²) in [5.74, 6) is 0.636. The molecular weight excluding hydrogens is 302 g/mol. The molecule has 0 radical (unpaired) electrons. The molecule has 2 rings (SSSR count). The van der Waals surface area contributed by atoms with E-state index in [9.17, 15) is 9.59 Å². The standard InChI is InChI=1S/C19H29N3O2/c1-14(2)13-18(23)22-11-9-15(10-12-22)19(24)20-16-5-7-17(8-6-16)21(3)4/h5-8,14-15H,9-13H2,1-4H3,(H,20,24). The van der Waals surface area contributed by atoms with Crippen molar-refractivity contribution in [3.8, 4) is 0 Å². The Hall–Kier alpha value is -2.04. The van der Waals surface area contributed by atoms with Crippen molar-refractivity contribution < 1.29 is 9.59 Å². The van der Waals surface area contributed by atoms with E-state index in [1.807, 2.05) is 48.2 Å². The van der Waals surface area contributed by atoms with Gasteiger partial charge < -0.3 is 15.1 Å². The number of amides is 2. The van der Waals surface area contributed by atoms with E-state index < -0.39 is 0 Å². The smallest absolute Gasteiger partial charge is 0.227 e. The van der Waals surface area contributed by atoms with Crippen molar-refractivity contribution in [2.75, 3.05) is 37.4 Å². The first-order valence-corrected chi connectivity index (χ1v) is 8.73. The SMILES string of the molecule is CC(C)CC(=O)N1CCC(C(=O)Nc2ccc(N(C)C)cc2)CC1. The molecule has 5 heteroatoms. The van der Waals surface area contributed by atoms with Crippen molar-refractivity contribution in [2.45, 2.75) is 33.1 Å². The number of piperidine rings is 1. The highest BCUT2D eigenvalue weighted by atomic mass is 16.2. The van der Waals surface area contributed by atoms with E-state index >= 15 is 0 Å². The van der Waals surface area contributed by atoms with Crippen molar-refractivity contribution >= 4 is 23.2 Å². The van der Waals surface area contributed by atoms with Crippen molar-refractivity contribution in [3.63, 3.8) is 0 Å². The van der Waals surface area contributed by atoms with Crippen molar-refractivity contribution in [2.24, 2.45) is 11.8 Å². The zero-order valence-electron chi connectivity index (χ0n) is 15.2. The van der Waals surface area contributed by atoms with Gasteiger partial charge in [-0.25, -0.2) is 0 Å². The molecule has 5 nitrogen and oxygen atoms in total. The summed E-state index contributed by atoms with van der Waals surface area (Å²) in [6.07, 6.45) is 2.08. The maximum Gasteiger partial charge on any atom is 0.227 e. The van der Waals surface area contributed by atoms with Gasteiger partial charge in [0.2, 0.25) is 11.8 Å². The lowest BCUT2D eigenvalue weighted by atomic mass is 9.95. The fourth-order valence-corrected chi connectivity index (χ4v) is 2.96. The summed E-state index contributed by atoms with van der Waals surface area (Å²) >= 11 is 0. The van der Waals surface area contributed by atoms with Crippen LogP contribution in [0.25, 0.3) is 0 Å². The number of rotatable bonds is 5. The van der Waals surface area contributed by atoms with Gasteiger partial charge in [0.1, 0.15) is 0 Å². The van der Waals surface area contributed by atoms with Gasteiger partial charge in [0.25, 0.3) is 0 Å². The van der Waals surface area contributed by atoms with Crippen LogP contribution in [-0.2, 0) is 9.59 Å². The lowest BCUT2D eigenvalue weighted by molar-refractivity contribution is -0.135. The molecule has 1 N–H and O–H groups in total. The minimum Gasteiger partial charge on any atom is -0.378 e. The Morgan fingerprint density at radius 3 is 2.25 bits per heavy atom. The molecule has 0 unspecified atom stereocenters. The molecule has 0 aromatic heterocycles. The quantitative estimate of drug-likeness (QED) is 0.902. The number of carbonyl (C=O) groups is 2. The summed E-state index contributed by atoms with van der Waals surface area (Å²) in [4.78, 5) is 28.4. The predicted molar refractivity (Wildman–Crippen MR) is 98.2 cm³/mol. The van der Waals surface area contributed by atoms with Gasteiger partial charge in [0.05, 0.1) is 0 Å². The van der Waals surface area contributed by atoms with Gasteiger partial charge in [-0.1, -0.05) is 13.8 Å². The van der Waals surface area contributed by atoms with Crippen LogP contribution in [0.4, 0.5) is 11.4 Å². The first-order valence-electron chi connectivity index (χ1n) is 8.73. The average molecular weight is 331 g/mol. The number of anilines is 2. The number of likely N-dealkylation sites (tertiary alicyclic amines) is 1. The van der Waals surface area contributed by atoms with Crippen molar-refractivity contribution in [1.29, 1.82) is 0 Å². The molecule has 0 saturated carbocycles. The van der Waals surface area contributed by atoms with Crippen LogP contribution in [0.2, 0.25) is 0 Å². The third-order valence-corrected chi connectivity index (χ3v) is 4.45. The maximum absolute atomic E-state index is 12.4. The Morgan fingerprint density at radius 2 is 1.75 bits per heavy atom. The van der Waals surface area contributed by atoms with Crippen molar-refractivity contribution in [1.82, 2.24) is 4.90 Å². The van der Waals surface area contributed by atoms with Crippen LogP contribution >= 0.6 is 0 Å². The molecule has 1 aliphatic heterocycles. The van der Waals surface area contributed by atoms with E-state index in [-0.39, 0.29) is 17.7 Å². The molecule has 0 atom stereocenters.